The molecule has 0 saturated carbocycles. The summed E-state index contributed by atoms with van der Waals surface area (Å²) in [7, 11) is 2.08. The number of likely N-dealkylation sites (N-methyl/N-ethyl adjacent to an activating group) is 1. The third-order valence-electron chi connectivity index (χ3n) is 3.90. The number of piperazine rings is 1. The molecule has 1 amide bonds. The van der Waals surface area contributed by atoms with Gasteiger partial charge in [-0.2, -0.15) is 0 Å². The van der Waals surface area contributed by atoms with Crippen LogP contribution in [0.3, 0.4) is 0 Å². The Kier molecular flexibility index (Phi) is 5.39. The Bertz CT molecular complexity index is 717. The average Bonchev–Trinajstić information content (AvgIpc) is 2.62. The Morgan fingerprint density at radius 1 is 1.20 bits per heavy atom. The number of nitrogens with one attached hydrogen (secondary N) is 1. The molecule has 0 spiro atoms. The van der Waals surface area contributed by atoms with Gasteiger partial charge < -0.3 is 19.9 Å². The molecular formula is C17H20FN5O2. The van der Waals surface area contributed by atoms with Gasteiger partial charge in [0, 0.05) is 26.2 Å². The number of hydrogen-bond donors (Lipinski definition) is 1. The second kappa shape index (κ2) is 7.89. The summed E-state index contributed by atoms with van der Waals surface area (Å²) in [6, 6.07) is 5.94. The Labute approximate surface area is 145 Å². The number of aromatic nitrogens is 2. The summed E-state index contributed by atoms with van der Waals surface area (Å²) in [6.07, 6.45) is 3.11. The van der Waals surface area contributed by atoms with Gasteiger partial charge in [0.05, 0.1) is 18.1 Å². The number of carbonyl (C=O) groups excluding carboxylic acids is 1. The van der Waals surface area contributed by atoms with Crippen molar-refractivity contribution in [2.75, 3.05) is 50.1 Å². The number of carbonyl (C=O) groups is 1. The molecule has 1 N–H and O–H groups in total. The number of rotatable bonds is 5. The zero-order valence-electron chi connectivity index (χ0n) is 14.0. The van der Waals surface area contributed by atoms with Gasteiger partial charge in [-0.3, -0.25) is 4.79 Å². The molecule has 3 rings (SSSR count). The Hall–Kier alpha value is -2.74. The lowest BCUT2D eigenvalue weighted by atomic mass is 10.3. The minimum absolute atomic E-state index is 0.0410. The lowest BCUT2D eigenvalue weighted by Crippen LogP contribution is -2.45. The fourth-order valence-electron chi connectivity index (χ4n) is 2.46. The van der Waals surface area contributed by atoms with Gasteiger partial charge in [-0.1, -0.05) is 12.1 Å². The highest BCUT2D eigenvalue weighted by Gasteiger charge is 2.16. The summed E-state index contributed by atoms with van der Waals surface area (Å²) in [6.45, 7) is 3.39. The van der Waals surface area contributed by atoms with Crippen LogP contribution >= 0.6 is 0 Å². The van der Waals surface area contributed by atoms with Crippen molar-refractivity contribution in [2.45, 2.75) is 0 Å². The maximum absolute atomic E-state index is 13.4. The molecule has 1 fully saturated rings. The standard InChI is InChI=1S/C17H20FN5O2/c1-22-6-8-23(9-7-22)17-19-10-13(11-20-17)21-16(24)12-25-15-5-3-2-4-14(15)18/h2-5,10-11H,6-9,12H2,1H3,(H,21,24). The normalized spacial score (nSPS) is 15.0. The Balaban J connectivity index is 1.51. The molecule has 0 bridgehead atoms. The predicted molar refractivity (Wildman–Crippen MR) is 92.3 cm³/mol. The second-order valence-electron chi connectivity index (χ2n) is 5.83. The zero-order valence-corrected chi connectivity index (χ0v) is 14.0. The number of amides is 1. The Morgan fingerprint density at radius 2 is 1.88 bits per heavy atom. The zero-order chi connectivity index (χ0) is 17.6. The molecule has 8 heteroatoms. The number of ether oxygens (including phenoxy) is 1. The van der Waals surface area contributed by atoms with Crippen LogP contribution in [0.25, 0.3) is 0 Å². The maximum atomic E-state index is 13.4. The quantitative estimate of drug-likeness (QED) is 0.883. The van der Waals surface area contributed by atoms with Gasteiger partial charge in [0.15, 0.2) is 18.2 Å². The molecule has 7 nitrogen and oxygen atoms in total. The molecule has 1 aliphatic rings. The van der Waals surface area contributed by atoms with E-state index in [1.165, 1.54) is 12.1 Å². The molecule has 0 atom stereocenters. The first-order valence-corrected chi connectivity index (χ1v) is 8.04. The molecule has 2 heterocycles. The van der Waals surface area contributed by atoms with Crippen molar-refractivity contribution in [1.82, 2.24) is 14.9 Å². The van der Waals surface area contributed by atoms with Crippen LogP contribution in [0.1, 0.15) is 0 Å². The van der Waals surface area contributed by atoms with Crippen molar-refractivity contribution in [3.8, 4) is 5.75 Å². The van der Waals surface area contributed by atoms with Crippen molar-refractivity contribution in [1.29, 1.82) is 0 Å². The van der Waals surface area contributed by atoms with E-state index in [9.17, 15) is 9.18 Å². The first-order valence-electron chi connectivity index (χ1n) is 8.04. The molecule has 0 unspecified atom stereocenters. The summed E-state index contributed by atoms with van der Waals surface area (Å²) < 4.78 is 18.6. The molecule has 2 aromatic rings. The van der Waals surface area contributed by atoms with Gasteiger partial charge in [-0.25, -0.2) is 14.4 Å². The van der Waals surface area contributed by atoms with E-state index in [-0.39, 0.29) is 12.4 Å². The van der Waals surface area contributed by atoms with Crippen LogP contribution < -0.4 is 15.0 Å². The number of anilines is 2. The smallest absolute Gasteiger partial charge is 0.262 e. The highest BCUT2D eigenvalue weighted by Crippen LogP contribution is 2.15. The molecule has 1 aromatic carbocycles. The number of nitrogens with zero attached hydrogens (tertiary/aromatic N) is 4. The lowest BCUT2D eigenvalue weighted by Gasteiger charge is -2.32. The van der Waals surface area contributed by atoms with Crippen molar-refractivity contribution >= 4 is 17.5 Å². The van der Waals surface area contributed by atoms with Crippen LogP contribution in [-0.4, -0.2) is 60.6 Å². The molecule has 0 radical (unpaired) electrons. The topological polar surface area (TPSA) is 70.6 Å². The second-order valence-corrected chi connectivity index (χ2v) is 5.83. The van der Waals surface area contributed by atoms with E-state index in [0.717, 1.165) is 26.2 Å². The van der Waals surface area contributed by atoms with E-state index >= 15 is 0 Å². The Morgan fingerprint density at radius 3 is 2.56 bits per heavy atom. The molecule has 1 saturated heterocycles. The van der Waals surface area contributed by atoms with Crippen LogP contribution in [0.15, 0.2) is 36.7 Å². The fraction of sp³-hybridized carbons (Fsp3) is 0.353. The SMILES string of the molecule is CN1CCN(c2ncc(NC(=O)COc3ccccc3F)cn2)CC1. The summed E-state index contributed by atoms with van der Waals surface area (Å²) >= 11 is 0. The molecule has 25 heavy (non-hydrogen) atoms. The third kappa shape index (κ3) is 4.63. The van der Waals surface area contributed by atoms with Crippen LogP contribution in [0.5, 0.6) is 5.75 Å². The molecular weight excluding hydrogens is 325 g/mol. The van der Waals surface area contributed by atoms with Crippen molar-refractivity contribution < 1.29 is 13.9 Å². The number of halogens is 1. The minimum atomic E-state index is -0.504. The van der Waals surface area contributed by atoms with E-state index in [1.54, 1.807) is 24.5 Å². The van der Waals surface area contributed by atoms with Crippen molar-refractivity contribution in [3.63, 3.8) is 0 Å². The average molecular weight is 345 g/mol. The maximum Gasteiger partial charge on any atom is 0.262 e. The van der Waals surface area contributed by atoms with Crippen molar-refractivity contribution in [3.05, 3.63) is 42.5 Å². The highest BCUT2D eigenvalue weighted by molar-refractivity contribution is 5.91. The predicted octanol–water partition coefficient (Wildman–Crippen LogP) is 1.38. The van der Waals surface area contributed by atoms with Gasteiger partial charge in [0.25, 0.3) is 5.91 Å². The molecule has 1 aliphatic heterocycles. The van der Waals surface area contributed by atoms with Crippen LogP contribution in [0.2, 0.25) is 0 Å². The van der Waals surface area contributed by atoms with E-state index < -0.39 is 11.7 Å². The lowest BCUT2D eigenvalue weighted by molar-refractivity contribution is -0.118. The number of hydrogen-bond acceptors (Lipinski definition) is 6. The summed E-state index contributed by atoms with van der Waals surface area (Å²) in [5, 5.41) is 2.63. The monoisotopic (exact) mass is 345 g/mol. The first-order chi connectivity index (χ1) is 12.1. The van der Waals surface area contributed by atoms with Crippen LogP contribution in [-0.2, 0) is 4.79 Å². The van der Waals surface area contributed by atoms with Gasteiger partial charge in [-0.15, -0.1) is 0 Å². The number of benzene rings is 1. The van der Waals surface area contributed by atoms with E-state index in [4.69, 9.17) is 4.74 Å². The largest absolute Gasteiger partial charge is 0.481 e. The fourth-order valence-corrected chi connectivity index (χ4v) is 2.46. The van der Waals surface area contributed by atoms with Gasteiger partial charge >= 0.3 is 0 Å². The van der Waals surface area contributed by atoms with E-state index in [2.05, 4.69) is 32.1 Å². The molecule has 1 aromatic heterocycles. The highest BCUT2D eigenvalue weighted by atomic mass is 19.1. The van der Waals surface area contributed by atoms with E-state index in [0.29, 0.717) is 11.6 Å². The van der Waals surface area contributed by atoms with Gasteiger partial charge in [-0.05, 0) is 19.2 Å². The minimum Gasteiger partial charge on any atom is -0.481 e. The first kappa shape index (κ1) is 17.1. The summed E-state index contributed by atoms with van der Waals surface area (Å²) in [5.41, 5.74) is 0.472. The van der Waals surface area contributed by atoms with Gasteiger partial charge in [0.1, 0.15) is 0 Å². The van der Waals surface area contributed by atoms with Crippen LogP contribution in [0, 0.1) is 5.82 Å². The van der Waals surface area contributed by atoms with E-state index in [1.807, 2.05) is 0 Å². The third-order valence-corrected chi connectivity index (χ3v) is 3.90. The molecule has 132 valence electrons. The van der Waals surface area contributed by atoms with Crippen molar-refractivity contribution in [2.24, 2.45) is 0 Å². The van der Waals surface area contributed by atoms with Gasteiger partial charge in [0.2, 0.25) is 5.95 Å². The number of para-hydroxylation sites is 1. The summed E-state index contributed by atoms with van der Waals surface area (Å²) in [5.74, 6) is -0.220. The summed E-state index contributed by atoms with van der Waals surface area (Å²) in [4.78, 5) is 24.8. The van der Waals surface area contributed by atoms with Crippen LogP contribution in [0.4, 0.5) is 16.0 Å². The molecule has 0 aliphatic carbocycles.